The molecule has 10 nitrogen and oxygen atoms in total. The molecule has 0 spiro atoms. The summed E-state index contributed by atoms with van der Waals surface area (Å²) in [6, 6.07) is 9.28. The maximum absolute atomic E-state index is 13.8. The summed E-state index contributed by atoms with van der Waals surface area (Å²) in [7, 11) is 4.42. The van der Waals surface area contributed by atoms with Crippen LogP contribution >= 0.6 is 0 Å². The molecule has 1 aliphatic heterocycles. The van der Waals surface area contributed by atoms with Gasteiger partial charge in [-0.25, -0.2) is 9.69 Å². The molecule has 37 heavy (non-hydrogen) atoms. The van der Waals surface area contributed by atoms with Crippen LogP contribution in [-0.2, 0) is 9.59 Å². The van der Waals surface area contributed by atoms with Gasteiger partial charge in [-0.1, -0.05) is 12.8 Å². The third-order valence-electron chi connectivity index (χ3n) is 6.78. The van der Waals surface area contributed by atoms with Gasteiger partial charge in [0.05, 0.1) is 39.5 Å². The Hall–Kier alpha value is -3.95. The number of urea groups is 1. The highest BCUT2D eigenvalue weighted by Crippen LogP contribution is 2.43. The molecule has 4 amide bonds. The number of ether oxygens (including phenoxy) is 4. The number of carbonyl (C=O) groups excluding carboxylic acids is 3. The number of methoxy groups -OCH3 is 3. The topological polar surface area (TPSA) is 107 Å². The minimum Gasteiger partial charge on any atom is -0.494 e. The number of imide groups is 1. The van der Waals surface area contributed by atoms with Gasteiger partial charge in [0, 0.05) is 23.9 Å². The Morgan fingerprint density at radius 3 is 2.22 bits per heavy atom. The summed E-state index contributed by atoms with van der Waals surface area (Å²) in [5.74, 6) is 0.673. The molecule has 0 aromatic heterocycles. The van der Waals surface area contributed by atoms with Crippen LogP contribution in [0.1, 0.15) is 32.6 Å². The monoisotopic (exact) mass is 511 g/mol. The van der Waals surface area contributed by atoms with E-state index in [1.807, 2.05) is 6.92 Å². The number of amides is 4. The molecule has 1 saturated carbocycles. The fourth-order valence-corrected chi connectivity index (χ4v) is 5.08. The minimum absolute atomic E-state index is 0.179. The van der Waals surface area contributed by atoms with Gasteiger partial charge in [0.1, 0.15) is 12.3 Å². The molecular formula is C27H33N3O7. The Kier molecular flexibility index (Phi) is 8.05. The molecule has 1 N–H and O–H groups in total. The number of anilines is 2. The zero-order valence-electron chi connectivity index (χ0n) is 21.6. The van der Waals surface area contributed by atoms with Crippen LogP contribution in [0.5, 0.6) is 23.0 Å². The number of hydrogen-bond donors (Lipinski definition) is 1. The maximum Gasteiger partial charge on any atom is 0.332 e. The van der Waals surface area contributed by atoms with Gasteiger partial charge >= 0.3 is 6.03 Å². The van der Waals surface area contributed by atoms with Crippen LogP contribution < -0.4 is 29.2 Å². The molecule has 1 aliphatic carbocycles. The second-order valence-corrected chi connectivity index (χ2v) is 8.93. The SMILES string of the molecule is CCOc1ccc(NC(=O)CN2C(=O)N(c3cc(OC)c(OC)c(OC)c3)C(=O)C3CCCCC32)cc1. The summed E-state index contributed by atoms with van der Waals surface area (Å²) in [5.41, 5.74) is 0.890. The molecular weight excluding hydrogens is 478 g/mol. The van der Waals surface area contributed by atoms with Crippen molar-refractivity contribution >= 4 is 29.2 Å². The number of nitrogens with one attached hydrogen (secondary N) is 1. The van der Waals surface area contributed by atoms with Crippen LogP contribution in [-0.4, -0.2) is 63.3 Å². The predicted molar refractivity (Wildman–Crippen MR) is 138 cm³/mol. The highest BCUT2D eigenvalue weighted by molar-refractivity contribution is 6.18. The van der Waals surface area contributed by atoms with Gasteiger partial charge in [0.25, 0.3) is 0 Å². The molecule has 2 fully saturated rings. The van der Waals surface area contributed by atoms with Crippen molar-refractivity contribution in [1.29, 1.82) is 0 Å². The lowest BCUT2D eigenvalue weighted by Crippen LogP contribution is -2.64. The largest absolute Gasteiger partial charge is 0.494 e. The van der Waals surface area contributed by atoms with Crippen molar-refractivity contribution in [3.8, 4) is 23.0 Å². The summed E-state index contributed by atoms with van der Waals surface area (Å²) >= 11 is 0. The maximum atomic E-state index is 13.8. The average molecular weight is 512 g/mol. The van der Waals surface area contributed by atoms with Crippen molar-refractivity contribution in [3.63, 3.8) is 0 Å². The molecule has 2 aromatic rings. The Bertz CT molecular complexity index is 1130. The van der Waals surface area contributed by atoms with Crippen molar-refractivity contribution < 1.29 is 33.3 Å². The average Bonchev–Trinajstić information content (AvgIpc) is 2.91. The molecule has 2 atom stereocenters. The summed E-state index contributed by atoms with van der Waals surface area (Å²) < 4.78 is 21.7. The highest BCUT2D eigenvalue weighted by Gasteiger charge is 2.48. The molecule has 2 unspecified atom stereocenters. The number of hydrogen-bond acceptors (Lipinski definition) is 7. The van der Waals surface area contributed by atoms with Crippen molar-refractivity contribution in [2.24, 2.45) is 5.92 Å². The first-order valence-corrected chi connectivity index (χ1v) is 12.4. The standard InChI is InChI=1S/C27H33N3O7/c1-5-37-19-12-10-17(11-13-19)28-24(31)16-29-21-9-7-6-8-20(21)26(32)30(27(29)33)18-14-22(34-2)25(36-4)23(15-18)35-3/h10-15,20-21H,5-9,16H2,1-4H3,(H,28,31). The van der Waals surface area contributed by atoms with Crippen molar-refractivity contribution in [2.75, 3.05) is 44.7 Å². The minimum atomic E-state index is -0.552. The predicted octanol–water partition coefficient (Wildman–Crippen LogP) is 4.08. The van der Waals surface area contributed by atoms with E-state index in [1.165, 1.54) is 26.2 Å². The van der Waals surface area contributed by atoms with Crippen LogP contribution in [0, 0.1) is 5.92 Å². The van der Waals surface area contributed by atoms with E-state index in [0.717, 1.165) is 17.7 Å². The van der Waals surface area contributed by atoms with Gasteiger partial charge < -0.3 is 29.2 Å². The van der Waals surface area contributed by atoms with E-state index in [4.69, 9.17) is 18.9 Å². The van der Waals surface area contributed by atoms with Gasteiger partial charge in [-0.15, -0.1) is 0 Å². The molecule has 10 heteroatoms. The Morgan fingerprint density at radius 1 is 0.973 bits per heavy atom. The van der Waals surface area contributed by atoms with Gasteiger partial charge in [0.2, 0.25) is 17.6 Å². The van der Waals surface area contributed by atoms with Crippen LogP contribution in [0.15, 0.2) is 36.4 Å². The quantitative estimate of drug-likeness (QED) is 0.541. The van der Waals surface area contributed by atoms with E-state index in [2.05, 4.69) is 5.32 Å². The lowest BCUT2D eigenvalue weighted by atomic mass is 9.81. The number of benzene rings is 2. The first kappa shape index (κ1) is 26.1. The molecule has 0 bridgehead atoms. The Balaban J connectivity index is 1.62. The van der Waals surface area contributed by atoms with E-state index in [-0.39, 0.29) is 24.4 Å². The van der Waals surface area contributed by atoms with Crippen LogP contribution in [0.2, 0.25) is 0 Å². The molecule has 2 aliphatic rings. The fourth-order valence-electron chi connectivity index (χ4n) is 5.08. The summed E-state index contributed by atoms with van der Waals surface area (Å²) in [4.78, 5) is 43.0. The first-order valence-electron chi connectivity index (χ1n) is 12.4. The zero-order valence-corrected chi connectivity index (χ0v) is 21.6. The zero-order chi connectivity index (χ0) is 26.5. The lowest BCUT2D eigenvalue weighted by Gasteiger charge is -2.46. The first-order chi connectivity index (χ1) is 17.9. The molecule has 198 valence electrons. The van der Waals surface area contributed by atoms with Crippen LogP contribution in [0.4, 0.5) is 16.2 Å². The van der Waals surface area contributed by atoms with Crippen molar-refractivity contribution in [2.45, 2.75) is 38.6 Å². The van der Waals surface area contributed by atoms with Crippen LogP contribution in [0.3, 0.4) is 0 Å². The Morgan fingerprint density at radius 2 is 1.62 bits per heavy atom. The van der Waals surface area contributed by atoms with Gasteiger partial charge in [0.15, 0.2) is 11.5 Å². The van der Waals surface area contributed by atoms with Crippen molar-refractivity contribution in [3.05, 3.63) is 36.4 Å². The number of nitrogens with zero attached hydrogens (tertiary/aromatic N) is 2. The third kappa shape index (κ3) is 5.28. The summed E-state index contributed by atoms with van der Waals surface area (Å²) in [5, 5.41) is 2.84. The second-order valence-electron chi connectivity index (χ2n) is 8.93. The molecule has 4 rings (SSSR count). The molecule has 1 saturated heterocycles. The normalized spacial score (nSPS) is 19.2. The number of fused-ring (bicyclic) bond motifs is 1. The van der Waals surface area contributed by atoms with Crippen LogP contribution in [0.25, 0.3) is 0 Å². The molecule has 2 aromatic carbocycles. The van der Waals surface area contributed by atoms with Gasteiger partial charge in [-0.3, -0.25) is 9.59 Å². The van der Waals surface area contributed by atoms with Gasteiger partial charge in [-0.05, 0) is 44.0 Å². The van der Waals surface area contributed by atoms with E-state index in [0.29, 0.717) is 53.8 Å². The highest BCUT2D eigenvalue weighted by atomic mass is 16.5. The summed E-state index contributed by atoms with van der Waals surface area (Å²) in [6.07, 6.45) is 3.09. The van der Waals surface area contributed by atoms with E-state index >= 15 is 0 Å². The number of rotatable bonds is 9. The van der Waals surface area contributed by atoms with E-state index < -0.39 is 11.9 Å². The summed E-state index contributed by atoms with van der Waals surface area (Å²) in [6.45, 7) is 2.27. The molecule has 0 radical (unpaired) electrons. The number of carbonyl (C=O) groups is 3. The third-order valence-corrected chi connectivity index (χ3v) is 6.78. The smallest absolute Gasteiger partial charge is 0.332 e. The Labute approximate surface area is 216 Å². The van der Waals surface area contributed by atoms with Crippen molar-refractivity contribution in [1.82, 2.24) is 4.90 Å². The lowest BCUT2D eigenvalue weighted by molar-refractivity contribution is -0.128. The van der Waals surface area contributed by atoms with E-state index in [9.17, 15) is 14.4 Å². The van der Waals surface area contributed by atoms with E-state index in [1.54, 1.807) is 36.4 Å². The molecule has 1 heterocycles. The second kappa shape index (κ2) is 11.4. The van der Waals surface area contributed by atoms with Gasteiger partial charge in [-0.2, -0.15) is 0 Å². The fraction of sp³-hybridized carbons (Fsp3) is 0.444.